The van der Waals surface area contributed by atoms with Crippen LogP contribution in [-0.4, -0.2) is 73.7 Å². The molecule has 0 bridgehead atoms. The fourth-order valence-corrected chi connectivity index (χ4v) is 5.18. The molecule has 2 N–H and O–H groups in total. The average molecular weight is 673 g/mol. The molecule has 0 aliphatic carbocycles. The van der Waals surface area contributed by atoms with Gasteiger partial charge < -0.3 is 29.2 Å². The predicted molar refractivity (Wildman–Crippen MR) is 183 cm³/mol. The van der Waals surface area contributed by atoms with Crippen molar-refractivity contribution in [2.75, 3.05) is 39.6 Å². The Kier molecular flexibility index (Phi) is 30.8. The molecule has 47 heavy (non-hydrogen) atoms. The Bertz CT molecular complexity index is 757. The molecule has 0 saturated heterocycles. The van der Waals surface area contributed by atoms with Gasteiger partial charge in [-0.3, -0.25) is 14.4 Å². The minimum Gasteiger partial charge on any atom is -0.464 e. The Morgan fingerprint density at radius 3 is 1.28 bits per heavy atom. The number of esters is 4. The van der Waals surface area contributed by atoms with E-state index in [1.165, 1.54) is 77.0 Å². The van der Waals surface area contributed by atoms with E-state index in [0.717, 1.165) is 19.3 Å². The molecule has 0 aromatic carbocycles. The molecule has 276 valence electrons. The second-order valence-corrected chi connectivity index (χ2v) is 12.8. The minimum absolute atomic E-state index is 0.0487. The molecule has 0 spiro atoms. The Morgan fingerprint density at radius 2 is 0.872 bits per heavy atom. The van der Waals surface area contributed by atoms with Crippen molar-refractivity contribution in [1.82, 2.24) is 0 Å². The molecule has 0 unspecified atom stereocenters. The molecule has 0 aliphatic rings. The third kappa shape index (κ3) is 26.4. The van der Waals surface area contributed by atoms with Crippen LogP contribution in [-0.2, 0) is 38.1 Å². The first-order chi connectivity index (χ1) is 22.8. The zero-order valence-corrected chi connectivity index (χ0v) is 29.9. The summed E-state index contributed by atoms with van der Waals surface area (Å²) in [6.07, 6.45) is 22.7. The van der Waals surface area contributed by atoms with Gasteiger partial charge in [0, 0.05) is 26.1 Å². The third-order valence-corrected chi connectivity index (χ3v) is 8.54. The number of carbonyl (C=O) groups is 4. The van der Waals surface area contributed by atoms with E-state index in [2.05, 4.69) is 6.92 Å². The van der Waals surface area contributed by atoms with E-state index < -0.39 is 35.9 Å². The maximum atomic E-state index is 13.2. The van der Waals surface area contributed by atoms with Crippen LogP contribution in [0.2, 0.25) is 0 Å². The Labute approximate surface area is 285 Å². The molecule has 0 rings (SSSR count). The quantitative estimate of drug-likeness (QED) is 0.0400. The molecule has 0 radical (unpaired) electrons. The third-order valence-electron chi connectivity index (χ3n) is 8.54. The summed E-state index contributed by atoms with van der Waals surface area (Å²) in [7, 11) is 0. The highest BCUT2D eigenvalue weighted by atomic mass is 16.6. The fraction of sp³-hybridized carbons (Fsp3) is 0.892. The van der Waals surface area contributed by atoms with Crippen LogP contribution in [0.25, 0.3) is 0 Å². The molecular formula is C37H68O10. The number of hydrogen-bond donors (Lipinski definition) is 2. The predicted octanol–water partition coefficient (Wildman–Crippen LogP) is 7.53. The van der Waals surface area contributed by atoms with E-state index in [4.69, 9.17) is 29.2 Å². The molecular weight excluding hydrogens is 604 g/mol. The van der Waals surface area contributed by atoms with Crippen molar-refractivity contribution in [1.29, 1.82) is 0 Å². The Balaban J connectivity index is 4.42. The van der Waals surface area contributed by atoms with Crippen LogP contribution >= 0.6 is 0 Å². The molecule has 0 atom stereocenters. The highest BCUT2D eigenvalue weighted by molar-refractivity contribution is 5.81. The lowest BCUT2D eigenvalue weighted by molar-refractivity contribution is -0.177. The van der Waals surface area contributed by atoms with E-state index >= 15 is 0 Å². The van der Waals surface area contributed by atoms with Gasteiger partial charge >= 0.3 is 23.9 Å². The number of ether oxygens (including phenoxy) is 4. The van der Waals surface area contributed by atoms with Gasteiger partial charge in [-0.2, -0.15) is 0 Å². The number of rotatable bonds is 34. The molecule has 0 saturated carbocycles. The van der Waals surface area contributed by atoms with Gasteiger partial charge in [-0.05, 0) is 38.5 Å². The van der Waals surface area contributed by atoms with Crippen LogP contribution in [0.4, 0.5) is 0 Å². The molecule has 10 heteroatoms. The summed E-state index contributed by atoms with van der Waals surface area (Å²) in [6, 6.07) is 0. The topological polar surface area (TPSA) is 146 Å². The molecule has 0 fully saturated rings. The molecule has 10 nitrogen and oxygen atoms in total. The summed E-state index contributed by atoms with van der Waals surface area (Å²) in [5.74, 6) is -2.47. The number of hydrogen-bond acceptors (Lipinski definition) is 10. The normalized spacial score (nSPS) is 11.3. The smallest absolute Gasteiger partial charge is 0.344 e. The lowest BCUT2D eigenvalue weighted by Gasteiger charge is -2.29. The molecule has 0 aliphatic heterocycles. The van der Waals surface area contributed by atoms with Gasteiger partial charge in [0.25, 0.3) is 0 Å². The number of carbonyl (C=O) groups excluding carboxylic acids is 4. The van der Waals surface area contributed by atoms with Crippen molar-refractivity contribution in [3.63, 3.8) is 0 Å². The number of aliphatic hydroxyl groups is 2. The molecule has 0 aromatic heterocycles. The Morgan fingerprint density at radius 1 is 0.468 bits per heavy atom. The summed E-state index contributed by atoms with van der Waals surface area (Å²) in [4.78, 5) is 50.0. The van der Waals surface area contributed by atoms with Gasteiger partial charge in [0.2, 0.25) is 0 Å². The summed E-state index contributed by atoms with van der Waals surface area (Å²) in [5, 5.41) is 17.8. The zero-order chi connectivity index (χ0) is 34.9. The lowest BCUT2D eigenvalue weighted by Crippen LogP contribution is -2.43. The number of unbranched alkanes of at least 4 members (excludes halogenated alkanes) is 18. The maximum absolute atomic E-state index is 13.2. The second-order valence-electron chi connectivity index (χ2n) is 12.8. The SMILES string of the molecule is CCCCCCCCCCCCCCCCCOC(=O)COC(=O)C(CC)(COC(=O)CCCCCO)COC(=O)CCCCCO. The van der Waals surface area contributed by atoms with E-state index in [0.29, 0.717) is 38.5 Å². The first kappa shape index (κ1) is 44.8. The van der Waals surface area contributed by atoms with Crippen LogP contribution < -0.4 is 0 Å². The summed E-state index contributed by atoms with van der Waals surface area (Å²) in [5.41, 5.74) is -1.46. The highest BCUT2D eigenvalue weighted by Gasteiger charge is 2.42. The van der Waals surface area contributed by atoms with Crippen LogP contribution in [0.1, 0.15) is 168 Å². The van der Waals surface area contributed by atoms with Gasteiger partial charge in [-0.25, -0.2) is 4.79 Å². The van der Waals surface area contributed by atoms with Crippen molar-refractivity contribution < 1.29 is 48.3 Å². The van der Waals surface area contributed by atoms with Crippen LogP contribution in [0.15, 0.2) is 0 Å². The highest BCUT2D eigenvalue weighted by Crippen LogP contribution is 2.26. The molecule has 0 aromatic rings. The summed E-state index contributed by atoms with van der Waals surface area (Å²) >= 11 is 0. The Hall–Kier alpha value is -2.20. The standard InChI is InChI=1S/C37H68O10/c1-3-5-6-7-8-9-10-11-12-13-14-15-16-17-24-29-44-35(42)30-45-36(43)37(4-2,31-46-33(40)25-20-18-22-27-38)32-47-34(41)26-21-19-23-28-39/h38-39H,3-32H2,1-2H3. The van der Waals surface area contributed by atoms with E-state index in [1.54, 1.807) is 6.92 Å². The van der Waals surface area contributed by atoms with Gasteiger partial charge in [0.15, 0.2) is 6.61 Å². The van der Waals surface area contributed by atoms with E-state index in [1.807, 2.05) is 0 Å². The summed E-state index contributed by atoms with van der Waals surface area (Å²) < 4.78 is 21.3. The van der Waals surface area contributed by atoms with Gasteiger partial charge in [0.1, 0.15) is 18.6 Å². The zero-order valence-electron chi connectivity index (χ0n) is 29.9. The van der Waals surface area contributed by atoms with E-state index in [9.17, 15) is 19.2 Å². The molecule has 0 amide bonds. The molecule has 0 heterocycles. The second kappa shape index (κ2) is 32.4. The van der Waals surface area contributed by atoms with Gasteiger partial charge in [0.05, 0.1) is 6.61 Å². The first-order valence-corrected chi connectivity index (χ1v) is 18.7. The maximum Gasteiger partial charge on any atom is 0.344 e. The monoisotopic (exact) mass is 672 g/mol. The number of aliphatic hydroxyl groups excluding tert-OH is 2. The van der Waals surface area contributed by atoms with Crippen molar-refractivity contribution >= 4 is 23.9 Å². The van der Waals surface area contributed by atoms with Crippen molar-refractivity contribution in [3.05, 3.63) is 0 Å². The largest absolute Gasteiger partial charge is 0.464 e. The minimum atomic E-state index is -1.46. The average Bonchev–Trinajstić information content (AvgIpc) is 3.07. The van der Waals surface area contributed by atoms with Crippen molar-refractivity contribution in [3.8, 4) is 0 Å². The van der Waals surface area contributed by atoms with E-state index in [-0.39, 0.29) is 52.3 Å². The van der Waals surface area contributed by atoms with Gasteiger partial charge in [-0.1, -0.05) is 117 Å². The van der Waals surface area contributed by atoms with Crippen molar-refractivity contribution in [2.45, 2.75) is 168 Å². The van der Waals surface area contributed by atoms with Crippen LogP contribution in [0.3, 0.4) is 0 Å². The first-order valence-electron chi connectivity index (χ1n) is 18.7. The van der Waals surface area contributed by atoms with Crippen molar-refractivity contribution in [2.24, 2.45) is 5.41 Å². The fourth-order valence-electron chi connectivity index (χ4n) is 5.18. The van der Waals surface area contributed by atoms with Crippen LogP contribution in [0, 0.1) is 5.41 Å². The van der Waals surface area contributed by atoms with Gasteiger partial charge in [-0.15, -0.1) is 0 Å². The summed E-state index contributed by atoms with van der Waals surface area (Å²) in [6.45, 7) is 3.01. The lowest BCUT2D eigenvalue weighted by atomic mass is 9.87. The van der Waals surface area contributed by atoms with Crippen LogP contribution in [0.5, 0.6) is 0 Å².